The zero-order chi connectivity index (χ0) is 10.6. The molecule has 0 bridgehead atoms. The molecule has 0 amide bonds. The van der Waals surface area contributed by atoms with E-state index in [2.05, 4.69) is 37.4 Å². The van der Waals surface area contributed by atoms with Gasteiger partial charge in [-0.2, -0.15) is 0 Å². The molecule has 0 aliphatic heterocycles. The van der Waals surface area contributed by atoms with E-state index in [-0.39, 0.29) is 12.6 Å². The normalized spacial score (nSPS) is 12.9. The molecule has 2 nitrogen and oxygen atoms in total. The van der Waals surface area contributed by atoms with Crippen LogP contribution in [0.1, 0.15) is 23.6 Å². The molecule has 0 aromatic heterocycles. The van der Waals surface area contributed by atoms with Crippen LogP contribution in [0.5, 0.6) is 0 Å². The summed E-state index contributed by atoms with van der Waals surface area (Å²) in [6.45, 7) is 7.24. The fraction of sp³-hybridized carbons (Fsp3) is 0.500. The lowest BCUT2D eigenvalue weighted by atomic mass is 10.0. The average molecular weight is 193 g/mol. The van der Waals surface area contributed by atoms with Gasteiger partial charge < -0.3 is 10.4 Å². The maximum Gasteiger partial charge on any atom is 0.0582 e. The third kappa shape index (κ3) is 2.82. The summed E-state index contributed by atoms with van der Waals surface area (Å²) in [7, 11) is 0. The third-order valence-corrected chi connectivity index (χ3v) is 2.55. The molecule has 1 aromatic carbocycles. The fourth-order valence-electron chi connectivity index (χ4n) is 1.47. The number of aliphatic hydroxyl groups excluding tert-OH is 1. The molecule has 0 heterocycles. The smallest absolute Gasteiger partial charge is 0.0582 e. The molecule has 0 unspecified atom stereocenters. The molecule has 0 spiro atoms. The molecule has 14 heavy (non-hydrogen) atoms. The van der Waals surface area contributed by atoms with E-state index < -0.39 is 0 Å². The lowest BCUT2D eigenvalue weighted by molar-refractivity contribution is 0.251. The number of hydrogen-bond donors (Lipinski definition) is 2. The summed E-state index contributed by atoms with van der Waals surface area (Å²) in [6.07, 6.45) is 0. The minimum absolute atomic E-state index is 0.161. The Balaban J connectivity index is 2.66. The van der Waals surface area contributed by atoms with Gasteiger partial charge in [0.05, 0.1) is 6.61 Å². The van der Waals surface area contributed by atoms with Crippen LogP contribution in [0.3, 0.4) is 0 Å². The fourth-order valence-corrected chi connectivity index (χ4v) is 1.47. The summed E-state index contributed by atoms with van der Waals surface area (Å²) in [4.78, 5) is 0. The minimum atomic E-state index is 0.161. The highest BCUT2D eigenvalue weighted by molar-refractivity contribution is 5.33. The Morgan fingerprint density at radius 1 is 1.29 bits per heavy atom. The summed E-state index contributed by atoms with van der Waals surface area (Å²) in [5, 5.41) is 12.2. The molecule has 0 radical (unpaired) electrons. The van der Waals surface area contributed by atoms with Gasteiger partial charge in [-0.15, -0.1) is 0 Å². The molecule has 2 heteroatoms. The van der Waals surface area contributed by atoms with Crippen molar-refractivity contribution in [1.29, 1.82) is 0 Å². The van der Waals surface area contributed by atoms with Crippen molar-refractivity contribution in [2.24, 2.45) is 0 Å². The molecule has 0 aliphatic carbocycles. The first-order chi connectivity index (χ1) is 6.65. The second-order valence-electron chi connectivity index (χ2n) is 3.83. The number of hydrogen-bond acceptors (Lipinski definition) is 2. The Labute approximate surface area is 86.0 Å². The topological polar surface area (TPSA) is 32.3 Å². The molecule has 0 aliphatic rings. The average Bonchev–Trinajstić information content (AvgIpc) is 2.16. The van der Waals surface area contributed by atoms with Gasteiger partial charge in [-0.1, -0.05) is 18.2 Å². The monoisotopic (exact) mass is 193 g/mol. The Kier molecular flexibility index (Phi) is 4.11. The van der Waals surface area contributed by atoms with Crippen molar-refractivity contribution in [1.82, 2.24) is 5.32 Å². The van der Waals surface area contributed by atoms with Crippen LogP contribution < -0.4 is 5.32 Å². The Morgan fingerprint density at radius 3 is 2.36 bits per heavy atom. The Hall–Kier alpha value is -0.860. The van der Waals surface area contributed by atoms with E-state index in [1.807, 2.05) is 6.92 Å². The first kappa shape index (κ1) is 11.2. The van der Waals surface area contributed by atoms with E-state index in [0.717, 1.165) is 6.54 Å². The van der Waals surface area contributed by atoms with Crippen LogP contribution in [0.15, 0.2) is 18.2 Å². The lowest BCUT2D eigenvalue weighted by Gasteiger charge is -2.14. The number of nitrogens with one attached hydrogen (secondary N) is 1. The summed E-state index contributed by atoms with van der Waals surface area (Å²) in [5.74, 6) is 0. The lowest BCUT2D eigenvalue weighted by Crippen LogP contribution is -2.29. The van der Waals surface area contributed by atoms with Gasteiger partial charge in [0.25, 0.3) is 0 Å². The molecular weight excluding hydrogens is 174 g/mol. The number of aryl methyl sites for hydroxylation is 2. The van der Waals surface area contributed by atoms with Gasteiger partial charge in [0.1, 0.15) is 0 Å². The van der Waals surface area contributed by atoms with Gasteiger partial charge in [-0.05, 0) is 37.5 Å². The van der Waals surface area contributed by atoms with Crippen molar-refractivity contribution in [3.8, 4) is 0 Å². The van der Waals surface area contributed by atoms with Crippen molar-refractivity contribution in [2.75, 3.05) is 6.61 Å². The van der Waals surface area contributed by atoms with Crippen LogP contribution >= 0.6 is 0 Å². The van der Waals surface area contributed by atoms with Crippen molar-refractivity contribution in [3.05, 3.63) is 34.9 Å². The van der Waals surface area contributed by atoms with E-state index >= 15 is 0 Å². The van der Waals surface area contributed by atoms with E-state index in [0.29, 0.717) is 0 Å². The van der Waals surface area contributed by atoms with E-state index in [1.54, 1.807) is 0 Å². The molecular formula is C12H19NO. The van der Waals surface area contributed by atoms with Crippen LogP contribution in [-0.4, -0.2) is 17.8 Å². The van der Waals surface area contributed by atoms with Crippen LogP contribution in [0.4, 0.5) is 0 Å². The Morgan fingerprint density at radius 2 is 1.86 bits per heavy atom. The molecule has 2 N–H and O–H groups in total. The number of benzene rings is 1. The zero-order valence-electron chi connectivity index (χ0n) is 9.17. The van der Waals surface area contributed by atoms with Gasteiger partial charge in [0.2, 0.25) is 0 Å². The van der Waals surface area contributed by atoms with Crippen molar-refractivity contribution >= 4 is 0 Å². The minimum Gasteiger partial charge on any atom is -0.395 e. The molecule has 1 atom stereocenters. The predicted octanol–water partition coefficient (Wildman–Crippen LogP) is 1.77. The van der Waals surface area contributed by atoms with E-state index in [1.165, 1.54) is 16.7 Å². The predicted molar refractivity (Wildman–Crippen MR) is 59.3 cm³/mol. The van der Waals surface area contributed by atoms with Gasteiger partial charge in [0, 0.05) is 12.6 Å². The van der Waals surface area contributed by atoms with Crippen molar-refractivity contribution in [3.63, 3.8) is 0 Å². The maximum absolute atomic E-state index is 8.89. The highest BCUT2D eigenvalue weighted by Crippen LogP contribution is 2.12. The first-order valence-electron chi connectivity index (χ1n) is 5.04. The molecule has 1 rings (SSSR count). The molecule has 0 saturated carbocycles. The van der Waals surface area contributed by atoms with Gasteiger partial charge in [0.15, 0.2) is 0 Å². The Bertz CT molecular complexity index is 276. The summed E-state index contributed by atoms with van der Waals surface area (Å²) >= 11 is 0. The largest absolute Gasteiger partial charge is 0.395 e. The highest BCUT2D eigenvalue weighted by Gasteiger charge is 2.03. The van der Waals surface area contributed by atoms with Gasteiger partial charge in [-0.3, -0.25) is 0 Å². The van der Waals surface area contributed by atoms with Gasteiger partial charge in [-0.25, -0.2) is 0 Å². The standard InChI is InChI=1S/C12H19NO/c1-9-5-4-6-10(2)12(9)7-13-11(3)8-14/h4-6,11,13-14H,7-8H2,1-3H3/t11-/m0/s1. The number of aliphatic hydroxyl groups is 1. The van der Waals surface area contributed by atoms with E-state index in [4.69, 9.17) is 5.11 Å². The SMILES string of the molecule is Cc1cccc(C)c1CN[C@@H](C)CO. The highest BCUT2D eigenvalue weighted by atomic mass is 16.3. The second kappa shape index (κ2) is 5.13. The summed E-state index contributed by atoms with van der Waals surface area (Å²) < 4.78 is 0. The quantitative estimate of drug-likeness (QED) is 0.764. The maximum atomic E-state index is 8.89. The molecule has 1 aromatic rings. The van der Waals surface area contributed by atoms with Gasteiger partial charge >= 0.3 is 0 Å². The first-order valence-corrected chi connectivity index (χ1v) is 5.04. The molecule has 78 valence electrons. The number of rotatable bonds is 4. The second-order valence-corrected chi connectivity index (χ2v) is 3.83. The summed E-state index contributed by atoms with van der Waals surface area (Å²) in [6, 6.07) is 6.47. The zero-order valence-corrected chi connectivity index (χ0v) is 9.17. The van der Waals surface area contributed by atoms with Crippen LogP contribution in [0.2, 0.25) is 0 Å². The summed E-state index contributed by atoms with van der Waals surface area (Å²) in [5.41, 5.74) is 3.96. The van der Waals surface area contributed by atoms with Crippen LogP contribution in [-0.2, 0) is 6.54 Å². The van der Waals surface area contributed by atoms with Crippen molar-refractivity contribution in [2.45, 2.75) is 33.4 Å². The van der Waals surface area contributed by atoms with Crippen LogP contribution in [0.25, 0.3) is 0 Å². The molecule has 0 fully saturated rings. The third-order valence-electron chi connectivity index (χ3n) is 2.55. The van der Waals surface area contributed by atoms with Crippen LogP contribution in [0, 0.1) is 13.8 Å². The molecule has 0 saturated heterocycles. The van der Waals surface area contributed by atoms with Crippen molar-refractivity contribution < 1.29 is 5.11 Å². The van der Waals surface area contributed by atoms with E-state index in [9.17, 15) is 0 Å².